The molecule has 5 aliphatic heterocycles. The summed E-state index contributed by atoms with van der Waals surface area (Å²) in [5.41, 5.74) is 4.47. The van der Waals surface area contributed by atoms with Crippen LogP contribution in [-0.4, -0.2) is 106 Å². The fourth-order valence-electron chi connectivity index (χ4n) is 10.5. The summed E-state index contributed by atoms with van der Waals surface area (Å²) in [6.45, 7) is 5.61. The van der Waals surface area contributed by atoms with Gasteiger partial charge in [-0.05, 0) is 106 Å². The van der Waals surface area contributed by atoms with Gasteiger partial charge in [0.25, 0.3) is 11.5 Å². The molecule has 5 fully saturated rings. The first-order chi connectivity index (χ1) is 29.0. The number of hydrogen-bond donors (Lipinski definition) is 2. The first-order valence-electron chi connectivity index (χ1n) is 21.5. The number of hydrogen-bond acceptors (Lipinski definition) is 11. The van der Waals surface area contributed by atoms with Crippen LogP contribution in [0.15, 0.2) is 70.5 Å². The van der Waals surface area contributed by atoms with Gasteiger partial charge in [0.1, 0.15) is 11.7 Å². The third kappa shape index (κ3) is 7.25. The minimum Gasteiger partial charge on any atom is -0.370 e. The summed E-state index contributed by atoms with van der Waals surface area (Å²) in [4.78, 5) is 66.2. The van der Waals surface area contributed by atoms with Crippen molar-refractivity contribution in [1.29, 1.82) is 0 Å². The number of amides is 3. The molecule has 2 aromatic heterocycles. The Morgan fingerprint density at radius 2 is 1.65 bits per heavy atom. The van der Waals surface area contributed by atoms with Gasteiger partial charge in [-0.3, -0.25) is 34.0 Å². The second-order valence-electron chi connectivity index (χ2n) is 17.8. The van der Waals surface area contributed by atoms with Crippen molar-refractivity contribution in [2.75, 3.05) is 49.5 Å². The van der Waals surface area contributed by atoms with Gasteiger partial charge in [-0.1, -0.05) is 25.0 Å². The highest BCUT2D eigenvalue weighted by Gasteiger charge is 2.46. The molecule has 15 nitrogen and oxygen atoms in total. The zero-order valence-electron chi connectivity index (χ0n) is 33.7. The number of carbonyl (C=O) groups excluding carboxylic acids is 3. The summed E-state index contributed by atoms with van der Waals surface area (Å²) in [6, 6.07) is 16.3. The summed E-state index contributed by atoms with van der Waals surface area (Å²) in [5, 5.41) is 6.63. The molecule has 1 aliphatic carbocycles. The van der Waals surface area contributed by atoms with Crippen molar-refractivity contribution in [2.24, 2.45) is 5.41 Å². The number of benzene rings is 2. The SMILES string of the molecule is O=C1CCC(N2Cc3cc(N4CC5(CCN(Cc6cccc(S(=O)(=O)N7CCC(Nc8ncc9ccc(=O)n(C%10CCCC%10)c9n8)CC7)c6)CC5)C4)ccc3C2=O)C(=O)N1. The molecule has 0 bridgehead atoms. The molecule has 314 valence electrons. The minimum absolute atomic E-state index is 0.0117. The lowest BCUT2D eigenvalue weighted by Crippen LogP contribution is -2.60. The first-order valence-corrected chi connectivity index (χ1v) is 22.9. The van der Waals surface area contributed by atoms with Crippen LogP contribution in [0.1, 0.15) is 91.7 Å². The Balaban J connectivity index is 0.711. The van der Waals surface area contributed by atoms with Crippen LogP contribution < -0.4 is 21.1 Å². The predicted molar refractivity (Wildman–Crippen MR) is 225 cm³/mol. The first kappa shape index (κ1) is 39.0. The Labute approximate surface area is 349 Å². The predicted octanol–water partition coefficient (Wildman–Crippen LogP) is 4.04. The van der Waals surface area contributed by atoms with Gasteiger partial charge in [-0.25, -0.2) is 13.4 Å². The van der Waals surface area contributed by atoms with Crippen molar-refractivity contribution in [3.8, 4) is 0 Å². The number of imide groups is 1. The smallest absolute Gasteiger partial charge is 0.255 e. The third-order valence-electron chi connectivity index (χ3n) is 13.9. The van der Waals surface area contributed by atoms with Crippen molar-refractivity contribution >= 4 is 50.4 Å². The quantitative estimate of drug-likeness (QED) is 0.234. The Morgan fingerprint density at radius 1 is 0.867 bits per heavy atom. The van der Waals surface area contributed by atoms with Gasteiger partial charge in [0.2, 0.25) is 27.8 Å². The van der Waals surface area contributed by atoms with E-state index in [1.165, 1.54) is 0 Å². The number of fused-ring (bicyclic) bond motifs is 2. The van der Waals surface area contributed by atoms with E-state index < -0.39 is 22.0 Å². The van der Waals surface area contributed by atoms with Gasteiger partial charge < -0.3 is 15.1 Å². The van der Waals surface area contributed by atoms with Gasteiger partial charge >= 0.3 is 0 Å². The molecular formula is C44H51N9O6S. The molecule has 7 heterocycles. The molecule has 4 aromatic rings. The molecule has 2 aromatic carbocycles. The van der Waals surface area contributed by atoms with E-state index in [2.05, 4.69) is 31.5 Å². The summed E-state index contributed by atoms with van der Waals surface area (Å²) >= 11 is 0. The van der Waals surface area contributed by atoms with Crippen molar-refractivity contribution in [1.82, 2.24) is 34.0 Å². The zero-order valence-corrected chi connectivity index (χ0v) is 34.5. The van der Waals surface area contributed by atoms with E-state index >= 15 is 0 Å². The standard InChI is InChI=1S/C44H51N9O6S/c54-38-12-11-37(41(56)47-38)52-26-31-23-34(9-10-36(31)42(52)57)50-27-44(28-50)16-20-49(21-17-44)25-29-4-3-7-35(22-29)60(58,59)51-18-14-32(15-19-51)46-43-45-24-30-8-13-39(55)53(40(30)48-43)33-5-1-2-6-33/h3-4,7-10,13,22-24,32-33,37H,1-2,5-6,11-12,14-21,25-28H2,(H,45,46,48)(H,47,54,56). The fourth-order valence-corrected chi connectivity index (χ4v) is 12.0. The van der Waals surface area contributed by atoms with Crippen molar-refractivity contribution < 1.29 is 22.8 Å². The Hall–Kier alpha value is -5.19. The largest absolute Gasteiger partial charge is 0.370 e. The van der Waals surface area contributed by atoms with Crippen LogP contribution in [0.25, 0.3) is 11.0 Å². The topological polar surface area (TPSA) is 170 Å². The van der Waals surface area contributed by atoms with E-state index in [0.29, 0.717) is 67.5 Å². The number of likely N-dealkylation sites (tertiary alicyclic amines) is 1. The number of anilines is 2. The molecule has 0 radical (unpaired) electrons. The molecular weight excluding hydrogens is 783 g/mol. The molecule has 1 atom stereocenters. The summed E-state index contributed by atoms with van der Waals surface area (Å²) in [6.07, 6.45) is 9.87. The number of piperidine rings is 3. The van der Waals surface area contributed by atoms with E-state index in [1.807, 2.05) is 34.9 Å². The second kappa shape index (κ2) is 15.4. The molecule has 6 aliphatic rings. The maximum absolute atomic E-state index is 13.9. The van der Waals surface area contributed by atoms with Crippen LogP contribution in [-0.2, 0) is 32.7 Å². The summed E-state index contributed by atoms with van der Waals surface area (Å²) in [7, 11) is -3.68. The van der Waals surface area contributed by atoms with Crippen LogP contribution in [0, 0.1) is 5.41 Å². The van der Waals surface area contributed by atoms with Crippen LogP contribution in [0.5, 0.6) is 0 Å². The summed E-state index contributed by atoms with van der Waals surface area (Å²) < 4.78 is 31.2. The number of carbonyl (C=O) groups is 3. The number of rotatable bonds is 9. The highest BCUT2D eigenvalue weighted by molar-refractivity contribution is 7.89. The molecule has 1 unspecified atom stereocenters. The number of sulfonamides is 1. The average Bonchev–Trinajstić information content (AvgIpc) is 3.88. The molecule has 10 rings (SSSR count). The van der Waals surface area contributed by atoms with Crippen LogP contribution in [0.4, 0.5) is 11.6 Å². The van der Waals surface area contributed by atoms with Crippen LogP contribution >= 0.6 is 0 Å². The monoisotopic (exact) mass is 833 g/mol. The van der Waals surface area contributed by atoms with Crippen molar-refractivity contribution in [2.45, 2.75) is 100 Å². The number of nitrogens with one attached hydrogen (secondary N) is 2. The Bertz CT molecular complexity index is 2530. The van der Waals surface area contributed by atoms with Crippen molar-refractivity contribution in [3.63, 3.8) is 0 Å². The van der Waals surface area contributed by atoms with Gasteiger partial charge in [0.05, 0.1) is 4.90 Å². The van der Waals surface area contributed by atoms with Crippen LogP contribution in [0.2, 0.25) is 0 Å². The normalized spacial score (nSPS) is 23.0. The highest BCUT2D eigenvalue weighted by atomic mass is 32.2. The van der Waals surface area contributed by atoms with E-state index in [-0.39, 0.29) is 41.3 Å². The fraction of sp³-hybridized carbons (Fsp3) is 0.500. The lowest BCUT2D eigenvalue weighted by molar-refractivity contribution is -0.136. The maximum atomic E-state index is 13.9. The minimum atomic E-state index is -3.68. The summed E-state index contributed by atoms with van der Waals surface area (Å²) in [5.74, 6) is -0.379. The van der Waals surface area contributed by atoms with E-state index in [4.69, 9.17) is 4.98 Å². The number of pyridine rings is 1. The molecule has 2 N–H and O–H groups in total. The van der Waals surface area contributed by atoms with Gasteiger partial charge in [-0.15, -0.1) is 0 Å². The lowest BCUT2D eigenvalue weighted by Gasteiger charge is -2.55. The lowest BCUT2D eigenvalue weighted by atomic mass is 9.71. The van der Waals surface area contributed by atoms with Crippen LogP contribution in [0.3, 0.4) is 0 Å². The highest BCUT2D eigenvalue weighted by Crippen LogP contribution is 2.44. The average molecular weight is 834 g/mol. The zero-order chi connectivity index (χ0) is 41.2. The Morgan fingerprint density at radius 3 is 2.42 bits per heavy atom. The molecule has 3 amide bonds. The number of nitrogens with zero attached hydrogens (tertiary/aromatic N) is 7. The molecule has 4 saturated heterocycles. The molecule has 1 spiro atoms. The van der Waals surface area contributed by atoms with Gasteiger partial charge in [-0.2, -0.15) is 9.29 Å². The number of aromatic nitrogens is 3. The van der Waals surface area contributed by atoms with Gasteiger partial charge in [0.15, 0.2) is 0 Å². The molecule has 60 heavy (non-hydrogen) atoms. The van der Waals surface area contributed by atoms with E-state index in [9.17, 15) is 27.6 Å². The Kier molecular flexibility index (Phi) is 9.99. The van der Waals surface area contributed by atoms with Gasteiger partial charge in [0, 0.05) is 92.1 Å². The second-order valence-corrected chi connectivity index (χ2v) is 19.7. The van der Waals surface area contributed by atoms with E-state index in [0.717, 1.165) is 86.9 Å². The molecule has 16 heteroatoms. The molecule has 1 saturated carbocycles. The van der Waals surface area contributed by atoms with Crippen molar-refractivity contribution in [3.05, 3.63) is 87.8 Å². The third-order valence-corrected chi connectivity index (χ3v) is 15.8. The maximum Gasteiger partial charge on any atom is 0.255 e. The van der Waals surface area contributed by atoms with E-state index in [1.54, 1.807) is 33.6 Å².